The number of rotatable bonds is 5. The van der Waals surface area contributed by atoms with E-state index in [1.807, 2.05) is 0 Å². The van der Waals surface area contributed by atoms with E-state index in [1.165, 1.54) is 45.3 Å². The van der Waals surface area contributed by atoms with Crippen molar-refractivity contribution in [1.82, 2.24) is 10.2 Å². The first kappa shape index (κ1) is 13.3. The van der Waals surface area contributed by atoms with Crippen LogP contribution in [-0.4, -0.2) is 50.3 Å². The van der Waals surface area contributed by atoms with Gasteiger partial charge in [-0.25, -0.2) is 0 Å². The average Bonchev–Trinajstić information content (AvgIpc) is 2.88. The van der Waals surface area contributed by atoms with Gasteiger partial charge in [0.2, 0.25) is 0 Å². The maximum Gasteiger partial charge on any atom is 0.0702 e. The Kier molecular flexibility index (Phi) is 4.45. The van der Waals surface area contributed by atoms with Crippen LogP contribution in [0.5, 0.6) is 0 Å². The lowest BCUT2D eigenvalue weighted by atomic mass is 9.81. The van der Waals surface area contributed by atoms with Crippen LogP contribution in [0.2, 0.25) is 0 Å². The number of hydrogen-bond donors (Lipinski definition) is 1. The van der Waals surface area contributed by atoms with Crippen molar-refractivity contribution in [3.63, 3.8) is 0 Å². The number of nitrogens with zero attached hydrogens (tertiary/aromatic N) is 1. The quantitative estimate of drug-likeness (QED) is 0.794. The van der Waals surface area contributed by atoms with Gasteiger partial charge in [-0.05, 0) is 45.2 Å². The van der Waals surface area contributed by atoms with Gasteiger partial charge in [0.1, 0.15) is 0 Å². The van der Waals surface area contributed by atoms with E-state index >= 15 is 0 Å². The summed E-state index contributed by atoms with van der Waals surface area (Å²) in [6.07, 6.45) is 5.60. The molecule has 0 saturated carbocycles. The lowest BCUT2D eigenvalue weighted by molar-refractivity contribution is 0.0644. The van der Waals surface area contributed by atoms with E-state index < -0.39 is 0 Å². The maximum absolute atomic E-state index is 5.69. The highest BCUT2D eigenvalue weighted by molar-refractivity contribution is 4.92. The van der Waals surface area contributed by atoms with E-state index in [-0.39, 0.29) is 0 Å². The Hall–Kier alpha value is -0.120. The van der Waals surface area contributed by atoms with Gasteiger partial charge in [0, 0.05) is 25.7 Å². The van der Waals surface area contributed by atoms with Gasteiger partial charge in [0.15, 0.2) is 0 Å². The van der Waals surface area contributed by atoms with Crippen LogP contribution in [0.1, 0.15) is 39.5 Å². The van der Waals surface area contributed by atoms with Crippen molar-refractivity contribution >= 4 is 0 Å². The average molecular weight is 240 g/mol. The number of nitrogens with one attached hydrogen (secondary N) is 1. The molecule has 2 fully saturated rings. The first-order chi connectivity index (χ1) is 8.17. The van der Waals surface area contributed by atoms with Crippen molar-refractivity contribution in [2.75, 3.05) is 33.3 Å². The second kappa shape index (κ2) is 5.68. The van der Waals surface area contributed by atoms with Crippen molar-refractivity contribution in [2.45, 2.75) is 51.7 Å². The molecule has 0 aromatic rings. The predicted molar refractivity (Wildman–Crippen MR) is 71.3 cm³/mol. The molecule has 3 atom stereocenters. The van der Waals surface area contributed by atoms with Crippen LogP contribution in [0, 0.1) is 5.41 Å². The highest BCUT2D eigenvalue weighted by atomic mass is 16.5. The molecule has 1 N–H and O–H groups in total. The van der Waals surface area contributed by atoms with Gasteiger partial charge in [-0.3, -0.25) is 0 Å². The molecule has 0 amide bonds. The Morgan fingerprint density at radius 3 is 2.82 bits per heavy atom. The van der Waals surface area contributed by atoms with Gasteiger partial charge in [0.25, 0.3) is 0 Å². The highest BCUT2D eigenvalue weighted by Gasteiger charge is 2.37. The first-order valence-corrected chi connectivity index (χ1v) is 7.19. The minimum atomic E-state index is 0.410. The van der Waals surface area contributed by atoms with Crippen LogP contribution >= 0.6 is 0 Å². The molecule has 100 valence electrons. The summed E-state index contributed by atoms with van der Waals surface area (Å²) in [6.45, 7) is 9.09. The SMILES string of the molecule is CCCC1(CN(C)C2CCOC2C)CCNC1. The van der Waals surface area contributed by atoms with Gasteiger partial charge >= 0.3 is 0 Å². The molecule has 0 bridgehead atoms. The minimum Gasteiger partial charge on any atom is -0.377 e. The highest BCUT2D eigenvalue weighted by Crippen LogP contribution is 2.33. The fourth-order valence-electron chi connectivity index (χ4n) is 3.70. The van der Waals surface area contributed by atoms with Gasteiger partial charge in [0.05, 0.1) is 6.10 Å². The molecule has 0 aromatic carbocycles. The lowest BCUT2D eigenvalue weighted by Crippen LogP contribution is -2.44. The topological polar surface area (TPSA) is 24.5 Å². The molecule has 3 heteroatoms. The van der Waals surface area contributed by atoms with Crippen molar-refractivity contribution in [1.29, 1.82) is 0 Å². The summed E-state index contributed by atoms with van der Waals surface area (Å²) in [6, 6.07) is 0.629. The molecule has 2 rings (SSSR count). The molecule has 2 aliphatic heterocycles. The Bertz CT molecular complexity index is 238. The Morgan fingerprint density at radius 1 is 1.47 bits per heavy atom. The summed E-state index contributed by atoms with van der Waals surface area (Å²) in [7, 11) is 2.28. The normalized spacial score (nSPS) is 38.1. The summed E-state index contributed by atoms with van der Waals surface area (Å²) in [5.74, 6) is 0. The zero-order chi connectivity index (χ0) is 12.3. The zero-order valence-electron chi connectivity index (χ0n) is 11.7. The fraction of sp³-hybridized carbons (Fsp3) is 1.00. The summed E-state index contributed by atoms with van der Waals surface area (Å²) >= 11 is 0. The third-order valence-corrected chi connectivity index (χ3v) is 4.60. The molecule has 17 heavy (non-hydrogen) atoms. The van der Waals surface area contributed by atoms with Crippen molar-refractivity contribution in [3.8, 4) is 0 Å². The standard InChI is InChI=1S/C14H28N2O/c1-4-6-14(7-8-15-10-14)11-16(3)13-5-9-17-12(13)2/h12-13,15H,4-11H2,1-3H3. The van der Waals surface area contributed by atoms with Crippen molar-refractivity contribution < 1.29 is 4.74 Å². The van der Waals surface area contributed by atoms with Crippen LogP contribution in [0.25, 0.3) is 0 Å². The van der Waals surface area contributed by atoms with Crippen LogP contribution in [0.15, 0.2) is 0 Å². The zero-order valence-corrected chi connectivity index (χ0v) is 11.7. The van der Waals surface area contributed by atoms with E-state index in [2.05, 4.69) is 31.1 Å². The Balaban J connectivity index is 1.93. The number of hydrogen-bond acceptors (Lipinski definition) is 3. The number of ether oxygens (including phenoxy) is 1. The lowest BCUT2D eigenvalue weighted by Gasteiger charge is -2.36. The third kappa shape index (κ3) is 3.01. The molecule has 3 nitrogen and oxygen atoms in total. The molecule has 3 unspecified atom stereocenters. The van der Waals surface area contributed by atoms with E-state index in [1.54, 1.807) is 0 Å². The summed E-state index contributed by atoms with van der Waals surface area (Å²) in [5, 5.41) is 3.55. The Labute approximate surface area is 106 Å². The fourth-order valence-corrected chi connectivity index (χ4v) is 3.70. The molecule has 0 spiro atoms. The molecular formula is C14H28N2O. The molecule has 2 heterocycles. The van der Waals surface area contributed by atoms with Crippen molar-refractivity contribution in [2.24, 2.45) is 5.41 Å². The summed E-state index contributed by atoms with van der Waals surface area (Å²) in [5.41, 5.74) is 0.520. The van der Waals surface area contributed by atoms with E-state index in [9.17, 15) is 0 Å². The van der Waals surface area contributed by atoms with Crippen LogP contribution in [0.4, 0.5) is 0 Å². The predicted octanol–water partition coefficient (Wildman–Crippen LogP) is 1.88. The van der Waals surface area contributed by atoms with Gasteiger partial charge in [-0.2, -0.15) is 0 Å². The van der Waals surface area contributed by atoms with Gasteiger partial charge in [-0.1, -0.05) is 13.3 Å². The molecule has 0 aliphatic carbocycles. The molecule has 2 aliphatic rings. The molecule has 0 aromatic heterocycles. The van der Waals surface area contributed by atoms with E-state index in [4.69, 9.17) is 4.74 Å². The van der Waals surface area contributed by atoms with Crippen LogP contribution in [-0.2, 0) is 4.74 Å². The third-order valence-electron chi connectivity index (χ3n) is 4.60. The molecular weight excluding hydrogens is 212 g/mol. The summed E-state index contributed by atoms with van der Waals surface area (Å²) in [4.78, 5) is 2.56. The van der Waals surface area contributed by atoms with Crippen molar-refractivity contribution in [3.05, 3.63) is 0 Å². The number of likely N-dealkylation sites (N-methyl/N-ethyl adjacent to an activating group) is 1. The first-order valence-electron chi connectivity index (χ1n) is 7.19. The van der Waals surface area contributed by atoms with Gasteiger partial charge < -0.3 is 15.0 Å². The maximum atomic E-state index is 5.69. The molecule has 0 radical (unpaired) electrons. The molecule has 2 saturated heterocycles. The monoisotopic (exact) mass is 240 g/mol. The minimum absolute atomic E-state index is 0.410. The van der Waals surface area contributed by atoms with Crippen LogP contribution < -0.4 is 5.32 Å². The van der Waals surface area contributed by atoms with Crippen LogP contribution in [0.3, 0.4) is 0 Å². The second-order valence-electron chi connectivity index (χ2n) is 6.02. The largest absolute Gasteiger partial charge is 0.377 e. The Morgan fingerprint density at radius 2 is 2.29 bits per heavy atom. The van der Waals surface area contributed by atoms with Gasteiger partial charge in [-0.15, -0.1) is 0 Å². The summed E-state index contributed by atoms with van der Waals surface area (Å²) < 4.78 is 5.69. The van der Waals surface area contributed by atoms with E-state index in [0.717, 1.165) is 6.61 Å². The smallest absolute Gasteiger partial charge is 0.0702 e. The second-order valence-corrected chi connectivity index (χ2v) is 6.02. The van der Waals surface area contributed by atoms with E-state index in [0.29, 0.717) is 17.6 Å².